The zero-order valence-corrected chi connectivity index (χ0v) is 5.81. The molecule has 0 nitrogen and oxygen atoms in total. The van der Waals surface area contributed by atoms with Crippen molar-refractivity contribution in [1.82, 2.24) is 0 Å². The van der Waals surface area contributed by atoms with Crippen molar-refractivity contribution in [2.45, 2.75) is 25.9 Å². The Balaban J connectivity index is 3.17. The van der Waals surface area contributed by atoms with Gasteiger partial charge in [-0.15, -0.1) is 0 Å². The highest BCUT2D eigenvalue weighted by atomic mass is 31.1. The van der Waals surface area contributed by atoms with Crippen LogP contribution in [0.25, 0.3) is 0 Å². The third-order valence-corrected chi connectivity index (χ3v) is 1.50. The monoisotopic (exact) mass is 101 g/mol. The molecule has 0 heterocycles. The lowest BCUT2D eigenvalue weighted by Crippen LogP contribution is -2.02. The molecule has 0 aromatic rings. The molecule has 6 heavy (non-hydrogen) atoms. The molecule has 0 rings (SSSR count). The Hall–Kier alpha value is 0.495. The van der Waals surface area contributed by atoms with Crippen molar-refractivity contribution in [2.75, 3.05) is 0 Å². The van der Waals surface area contributed by atoms with Gasteiger partial charge in [0.2, 0.25) is 0 Å². The van der Waals surface area contributed by atoms with Crippen molar-refractivity contribution < 1.29 is 0 Å². The van der Waals surface area contributed by atoms with Gasteiger partial charge in [-0.05, 0) is 20.8 Å². The molecule has 0 amide bonds. The molecule has 1 unspecified atom stereocenters. The summed E-state index contributed by atoms with van der Waals surface area (Å²) in [6.45, 7) is 6.47. The van der Waals surface area contributed by atoms with E-state index in [0.29, 0.717) is 5.16 Å². The van der Waals surface area contributed by atoms with Crippen LogP contribution in [0.2, 0.25) is 0 Å². The zero-order chi connectivity index (χ0) is 5.21. The maximum Gasteiger partial charge on any atom is 0.0200 e. The Bertz CT molecular complexity index is 37.3. The summed E-state index contributed by atoms with van der Waals surface area (Å²) in [5.41, 5.74) is 0. The van der Waals surface area contributed by atoms with Crippen molar-refractivity contribution in [2.24, 2.45) is 0 Å². The molecule has 0 aliphatic heterocycles. The lowest BCUT2D eigenvalue weighted by atomic mass is 10.3. The van der Waals surface area contributed by atoms with Gasteiger partial charge >= 0.3 is 0 Å². The topological polar surface area (TPSA) is 0 Å². The first-order chi connectivity index (χ1) is 2.56. The lowest BCUT2D eigenvalue weighted by Gasteiger charge is -2.15. The van der Waals surface area contributed by atoms with Gasteiger partial charge in [-0.3, -0.25) is 8.46 Å². The summed E-state index contributed by atoms with van der Waals surface area (Å²) in [7, 11) is 5.55. The van der Waals surface area contributed by atoms with E-state index in [4.69, 9.17) is 7.57 Å². The van der Waals surface area contributed by atoms with Crippen molar-refractivity contribution >= 4 is 16.0 Å². The molecule has 0 saturated carbocycles. The molecule has 0 fully saturated rings. The van der Waals surface area contributed by atoms with Gasteiger partial charge in [0.1, 0.15) is 0 Å². The quantitative estimate of drug-likeness (QED) is 0.318. The average molecular weight is 101 g/mol. The number of hydrogen-bond donors (Lipinski definition) is 0. The molecule has 0 aliphatic carbocycles. The van der Waals surface area contributed by atoms with E-state index in [-0.39, 0.29) is 8.46 Å². The Morgan fingerprint density at radius 1 is 1.33 bits per heavy atom. The SMILES string of the molecule is [B-][PH2+]C(C)(C)C. The first kappa shape index (κ1) is 6.49. The van der Waals surface area contributed by atoms with Gasteiger partial charge in [-0.1, -0.05) is 0 Å². The van der Waals surface area contributed by atoms with E-state index in [1.165, 1.54) is 0 Å². The highest BCUT2D eigenvalue weighted by Gasteiger charge is 2.02. The van der Waals surface area contributed by atoms with Crippen LogP contribution in [0.5, 0.6) is 0 Å². The maximum atomic E-state index is 5.39. The minimum atomic E-state index is 0.160. The standard InChI is InChI=1S/C4H11BP/c1-4(2,3)6-5/h6H2,1-3H3. The summed E-state index contributed by atoms with van der Waals surface area (Å²) in [4.78, 5) is 0. The molecule has 3 radical (unpaired) electrons. The van der Waals surface area contributed by atoms with Crippen LogP contribution in [-0.4, -0.2) is 12.7 Å². The molecule has 0 spiro atoms. The third-order valence-electron chi connectivity index (χ3n) is 0.500. The van der Waals surface area contributed by atoms with Crippen LogP contribution in [0.3, 0.4) is 0 Å². The molecule has 35 valence electrons. The van der Waals surface area contributed by atoms with Gasteiger partial charge in [0, 0.05) is 5.16 Å². The lowest BCUT2D eigenvalue weighted by molar-refractivity contribution is 0.801. The first-order valence-electron chi connectivity index (χ1n) is 2.12. The molecular formula is C4H11BP. The Labute approximate surface area is 42.9 Å². The molecule has 2 heteroatoms. The van der Waals surface area contributed by atoms with Gasteiger partial charge in [-0.2, -0.15) is 0 Å². The molecule has 0 N–H and O–H groups in total. The first-order valence-corrected chi connectivity index (χ1v) is 3.37. The summed E-state index contributed by atoms with van der Waals surface area (Å²) < 4.78 is 0. The van der Waals surface area contributed by atoms with E-state index < -0.39 is 0 Å². The van der Waals surface area contributed by atoms with Crippen LogP contribution in [0.1, 0.15) is 20.8 Å². The molecule has 0 aromatic carbocycles. The minimum Gasteiger partial charge on any atom is -0.312 e. The Kier molecular flexibility index (Phi) is 2.14. The Morgan fingerprint density at radius 2 is 1.50 bits per heavy atom. The van der Waals surface area contributed by atoms with E-state index in [2.05, 4.69) is 20.8 Å². The van der Waals surface area contributed by atoms with Crippen molar-refractivity contribution in [3.63, 3.8) is 0 Å². The van der Waals surface area contributed by atoms with E-state index in [9.17, 15) is 0 Å². The second-order valence-electron chi connectivity index (χ2n) is 2.53. The largest absolute Gasteiger partial charge is 0.312 e. The Morgan fingerprint density at radius 3 is 1.50 bits per heavy atom. The van der Waals surface area contributed by atoms with Gasteiger partial charge in [-0.25, -0.2) is 0 Å². The molecular weight excluding hydrogens is 89.8 g/mol. The third kappa shape index (κ3) is 4.49. The summed E-state index contributed by atoms with van der Waals surface area (Å²) in [6, 6.07) is 0. The fourth-order valence-corrected chi connectivity index (χ4v) is 0. The average Bonchev–Trinajstić information content (AvgIpc) is 1.35. The normalized spacial score (nSPS) is 14.0. The summed E-state index contributed by atoms with van der Waals surface area (Å²) in [5, 5.41) is 0.403. The van der Waals surface area contributed by atoms with Gasteiger partial charge in [0.25, 0.3) is 0 Å². The van der Waals surface area contributed by atoms with Crippen molar-refractivity contribution in [3.8, 4) is 0 Å². The smallest absolute Gasteiger partial charge is 0.0200 e. The van der Waals surface area contributed by atoms with Crippen LogP contribution >= 0.6 is 8.46 Å². The summed E-state index contributed by atoms with van der Waals surface area (Å²) in [5.74, 6) is 0. The molecule has 0 aliphatic rings. The zero-order valence-electron chi connectivity index (χ0n) is 4.65. The van der Waals surface area contributed by atoms with Gasteiger partial charge < -0.3 is 7.57 Å². The summed E-state index contributed by atoms with van der Waals surface area (Å²) >= 11 is 0. The maximum absolute atomic E-state index is 5.39. The predicted octanol–water partition coefficient (Wildman–Crippen LogP) is 1.28. The fraction of sp³-hybridized carbons (Fsp3) is 1.00. The molecule has 0 bridgehead atoms. The van der Waals surface area contributed by atoms with E-state index in [1.54, 1.807) is 0 Å². The second-order valence-corrected chi connectivity index (χ2v) is 4.60. The fourth-order valence-electron chi connectivity index (χ4n) is 0. The second kappa shape index (κ2) is 1.98. The predicted molar refractivity (Wildman–Crippen MR) is 35.2 cm³/mol. The van der Waals surface area contributed by atoms with Gasteiger partial charge in [0.05, 0.1) is 0 Å². The number of rotatable bonds is 0. The van der Waals surface area contributed by atoms with Crippen molar-refractivity contribution in [3.05, 3.63) is 0 Å². The molecule has 1 atom stereocenters. The van der Waals surface area contributed by atoms with Crippen molar-refractivity contribution in [1.29, 1.82) is 0 Å². The van der Waals surface area contributed by atoms with Crippen LogP contribution in [0.4, 0.5) is 0 Å². The van der Waals surface area contributed by atoms with Crippen LogP contribution < -0.4 is 0 Å². The minimum absolute atomic E-state index is 0.160. The van der Waals surface area contributed by atoms with E-state index in [0.717, 1.165) is 0 Å². The molecule has 0 saturated heterocycles. The van der Waals surface area contributed by atoms with E-state index >= 15 is 0 Å². The summed E-state index contributed by atoms with van der Waals surface area (Å²) in [6.07, 6.45) is 0. The highest BCUT2D eigenvalue weighted by molar-refractivity contribution is 7.67. The van der Waals surface area contributed by atoms with Crippen LogP contribution in [-0.2, 0) is 0 Å². The van der Waals surface area contributed by atoms with Gasteiger partial charge in [0.15, 0.2) is 0 Å². The highest BCUT2D eigenvalue weighted by Crippen LogP contribution is 2.24. The van der Waals surface area contributed by atoms with Crippen LogP contribution in [0.15, 0.2) is 0 Å². The van der Waals surface area contributed by atoms with E-state index in [1.807, 2.05) is 0 Å². The number of hydrogen-bond acceptors (Lipinski definition) is 0. The molecule has 0 aromatic heterocycles. The van der Waals surface area contributed by atoms with Crippen LogP contribution in [0, 0.1) is 0 Å².